The molecule has 1 aliphatic heterocycles. The largest absolute Gasteiger partial charge is 0.488 e. The lowest BCUT2D eigenvalue weighted by atomic mass is 9.80. The smallest absolute Gasteiger partial charge is 0.423 e. The van der Waals surface area contributed by atoms with Crippen molar-refractivity contribution >= 4 is 24.3 Å². The first-order chi connectivity index (χ1) is 8.50. The molecule has 18 heavy (non-hydrogen) atoms. The van der Waals surface area contributed by atoms with Gasteiger partial charge >= 0.3 is 13.1 Å². The summed E-state index contributed by atoms with van der Waals surface area (Å²) in [5.41, 5.74) is 1.21. The third kappa shape index (κ3) is 2.35. The first kappa shape index (κ1) is 12.9. The van der Waals surface area contributed by atoms with Gasteiger partial charge in [-0.2, -0.15) is 0 Å². The van der Waals surface area contributed by atoms with Crippen LogP contribution < -0.4 is 10.4 Å². The summed E-state index contributed by atoms with van der Waals surface area (Å²) >= 11 is 0. The number of anilines is 1. The third-order valence-corrected chi connectivity index (χ3v) is 3.17. The molecule has 1 aromatic rings. The van der Waals surface area contributed by atoms with Crippen LogP contribution in [0.15, 0.2) is 24.3 Å². The molecule has 1 fully saturated rings. The number of carbonyl (C=O) groups is 1. The zero-order chi connectivity index (χ0) is 13.3. The highest BCUT2D eigenvalue weighted by atomic mass is 16.4. The Hall–Kier alpha value is -1.53. The van der Waals surface area contributed by atoms with E-state index in [4.69, 9.17) is 10.0 Å². The van der Waals surface area contributed by atoms with E-state index in [9.17, 15) is 4.79 Å². The second-order valence-electron chi connectivity index (χ2n) is 4.69. The average molecular weight is 248 g/mol. The van der Waals surface area contributed by atoms with Crippen molar-refractivity contribution < 1.29 is 14.8 Å². The van der Waals surface area contributed by atoms with Crippen LogP contribution in [0.5, 0.6) is 0 Å². The molecule has 96 valence electrons. The minimum absolute atomic E-state index is 0.00213. The fraction of sp³-hybridized carbons (Fsp3) is 0.417. The number of hydrogen-bond acceptors (Lipinski definition) is 3. The van der Waals surface area contributed by atoms with Gasteiger partial charge in [0.05, 0.1) is 0 Å². The second kappa shape index (κ2) is 5.00. The van der Waals surface area contributed by atoms with Crippen LogP contribution in [0, 0.1) is 0 Å². The highest BCUT2D eigenvalue weighted by Crippen LogP contribution is 2.20. The Balaban J connectivity index is 2.16. The molecule has 0 saturated carbocycles. The summed E-state index contributed by atoms with van der Waals surface area (Å²) in [5.74, 6) is 0. The molecule has 2 rings (SSSR count). The van der Waals surface area contributed by atoms with Crippen molar-refractivity contribution in [2.45, 2.75) is 19.9 Å². The Morgan fingerprint density at radius 2 is 1.78 bits per heavy atom. The van der Waals surface area contributed by atoms with E-state index < -0.39 is 7.12 Å². The van der Waals surface area contributed by atoms with Gasteiger partial charge in [-0.1, -0.05) is 12.1 Å². The Morgan fingerprint density at radius 1 is 1.17 bits per heavy atom. The number of urea groups is 1. The maximum absolute atomic E-state index is 12.1. The molecule has 0 spiro atoms. The molecule has 0 atom stereocenters. The fourth-order valence-electron chi connectivity index (χ4n) is 2.10. The maximum atomic E-state index is 12.1. The standard InChI is InChI=1S/C12H17BN2O3/c1-9(2)14-7-8-15(12(14)16)11-5-3-10(4-6-11)13(17)18/h3-6,9,17-18H,7-8H2,1-2H3. The van der Waals surface area contributed by atoms with Gasteiger partial charge in [0, 0.05) is 24.8 Å². The SMILES string of the molecule is CC(C)N1CCN(c2ccc(B(O)O)cc2)C1=O. The molecular formula is C12H17BN2O3. The number of rotatable bonds is 3. The van der Waals surface area contributed by atoms with Crippen molar-refractivity contribution in [2.75, 3.05) is 18.0 Å². The number of amides is 2. The van der Waals surface area contributed by atoms with E-state index >= 15 is 0 Å². The van der Waals surface area contributed by atoms with Gasteiger partial charge in [-0.05, 0) is 31.4 Å². The third-order valence-electron chi connectivity index (χ3n) is 3.17. The number of hydrogen-bond donors (Lipinski definition) is 2. The normalized spacial score (nSPS) is 15.7. The topological polar surface area (TPSA) is 64.0 Å². The molecule has 1 aliphatic rings. The second-order valence-corrected chi connectivity index (χ2v) is 4.69. The van der Waals surface area contributed by atoms with Gasteiger partial charge in [-0.25, -0.2) is 4.79 Å². The number of carbonyl (C=O) groups excluding carboxylic acids is 1. The predicted octanol–water partition coefficient (Wildman–Crippen LogP) is 0.0168. The molecule has 5 nitrogen and oxygen atoms in total. The lowest BCUT2D eigenvalue weighted by Crippen LogP contribution is -2.36. The van der Waals surface area contributed by atoms with Crippen LogP contribution in [0.25, 0.3) is 0 Å². The molecule has 0 aromatic heterocycles. The van der Waals surface area contributed by atoms with Gasteiger partial charge in [0.15, 0.2) is 0 Å². The highest BCUT2D eigenvalue weighted by molar-refractivity contribution is 6.58. The van der Waals surface area contributed by atoms with Crippen LogP contribution in [0.2, 0.25) is 0 Å². The van der Waals surface area contributed by atoms with Gasteiger partial charge in [-0.15, -0.1) is 0 Å². The van der Waals surface area contributed by atoms with Crippen molar-refractivity contribution in [1.82, 2.24) is 4.90 Å². The van der Waals surface area contributed by atoms with Crippen LogP contribution in [-0.4, -0.2) is 47.2 Å². The van der Waals surface area contributed by atoms with Gasteiger partial charge < -0.3 is 14.9 Å². The van der Waals surface area contributed by atoms with E-state index in [2.05, 4.69) is 0 Å². The van der Waals surface area contributed by atoms with Crippen molar-refractivity contribution in [3.05, 3.63) is 24.3 Å². The summed E-state index contributed by atoms with van der Waals surface area (Å²) in [6.45, 7) is 5.37. The van der Waals surface area contributed by atoms with Crippen LogP contribution in [0.1, 0.15) is 13.8 Å². The Labute approximate surface area is 107 Å². The van der Waals surface area contributed by atoms with E-state index in [0.717, 1.165) is 12.2 Å². The van der Waals surface area contributed by atoms with Crippen molar-refractivity contribution in [1.29, 1.82) is 0 Å². The summed E-state index contributed by atoms with van der Waals surface area (Å²) in [4.78, 5) is 15.6. The predicted molar refractivity (Wildman–Crippen MR) is 70.9 cm³/mol. The maximum Gasteiger partial charge on any atom is 0.488 e. The Bertz CT molecular complexity index is 433. The molecule has 6 heteroatoms. The fourth-order valence-corrected chi connectivity index (χ4v) is 2.10. The highest BCUT2D eigenvalue weighted by Gasteiger charge is 2.31. The number of benzene rings is 1. The molecule has 2 amide bonds. The van der Waals surface area contributed by atoms with Crippen molar-refractivity contribution in [2.24, 2.45) is 0 Å². The monoisotopic (exact) mass is 248 g/mol. The van der Waals surface area contributed by atoms with E-state index in [1.807, 2.05) is 18.7 Å². The van der Waals surface area contributed by atoms with Crippen molar-refractivity contribution in [3.8, 4) is 0 Å². The Morgan fingerprint density at radius 3 is 2.22 bits per heavy atom. The molecule has 1 aromatic carbocycles. The number of nitrogens with zero attached hydrogens (tertiary/aromatic N) is 2. The first-order valence-electron chi connectivity index (χ1n) is 6.05. The van der Waals surface area contributed by atoms with E-state index in [1.165, 1.54) is 0 Å². The summed E-state index contributed by atoms with van der Waals surface area (Å²) in [7, 11) is -1.47. The molecule has 1 saturated heterocycles. The quantitative estimate of drug-likeness (QED) is 0.741. The minimum atomic E-state index is -1.47. The zero-order valence-electron chi connectivity index (χ0n) is 10.6. The molecular weight excluding hydrogens is 231 g/mol. The molecule has 2 N–H and O–H groups in total. The minimum Gasteiger partial charge on any atom is -0.423 e. The van der Waals surface area contributed by atoms with Gasteiger partial charge in [0.25, 0.3) is 0 Å². The molecule has 1 heterocycles. The van der Waals surface area contributed by atoms with Gasteiger partial charge in [-0.3, -0.25) is 4.90 Å². The summed E-state index contributed by atoms with van der Waals surface area (Å²) < 4.78 is 0. The molecule has 0 radical (unpaired) electrons. The van der Waals surface area contributed by atoms with Gasteiger partial charge in [0.1, 0.15) is 0 Å². The van der Waals surface area contributed by atoms with Crippen LogP contribution in [0.4, 0.5) is 10.5 Å². The molecule has 0 bridgehead atoms. The summed E-state index contributed by atoms with van der Waals surface area (Å²) in [6.07, 6.45) is 0. The summed E-state index contributed by atoms with van der Waals surface area (Å²) in [5, 5.41) is 18.0. The molecule has 0 unspecified atom stereocenters. The van der Waals surface area contributed by atoms with Crippen LogP contribution in [-0.2, 0) is 0 Å². The summed E-state index contributed by atoms with van der Waals surface area (Å²) in [6, 6.07) is 6.90. The Kier molecular flexibility index (Phi) is 3.59. The van der Waals surface area contributed by atoms with Crippen LogP contribution in [0.3, 0.4) is 0 Å². The first-order valence-corrected chi connectivity index (χ1v) is 6.05. The van der Waals surface area contributed by atoms with E-state index in [-0.39, 0.29) is 12.1 Å². The van der Waals surface area contributed by atoms with E-state index in [1.54, 1.807) is 29.2 Å². The average Bonchev–Trinajstić information content (AvgIpc) is 2.71. The zero-order valence-corrected chi connectivity index (χ0v) is 10.6. The lowest BCUT2D eigenvalue weighted by molar-refractivity contribution is 0.209. The van der Waals surface area contributed by atoms with Crippen molar-refractivity contribution in [3.63, 3.8) is 0 Å². The molecule has 0 aliphatic carbocycles. The van der Waals surface area contributed by atoms with Gasteiger partial charge in [0.2, 0.25) is 0 Å². The van der Waals surface area contributed by atoms with Crippen LogP contribution >= 0.6 is 0 Å². The lowest BCUT2D eigenvalue weighted by Gasteiger charge is -2.21. The van der Waals surface area contributed by atoms with E-state index in [0.29, 0.717) is 12.0 Å².